The molecule has 0 spiro atoms. The van der Waals surface area contributed by atoms with Gasteiger partial charge in [0.25, 0.3) is 5.79 Å². The van der Waals surface area contributed by atoms with Crippen LogP contribution >= 0.6 is 0 Å². The molecule has 0 radical (unpaired) electrons. The molecular weight excluding hydrogens is 288 g/mol. The van der Waals surface area contributed by atoms with Gasteiger partial charge in [0.15, 0.2) is 0 Å². The second-order valence-electron chi connectivity index (χ2n) is 7.67. The summed E-state index contributed by atoms with van der Waals surface area (Å²) in [5.41, 5.74) is 1.45. The molecular formula is C20H34O3. The summed E-state index contributed by atoms with van der Waals surface area (Å²) in [6, 6.07) is 0. The topological polar surface area (TPSA) is 46.5 Å². The Hall–Kier alpha value is -1.09. The predicted molar refractivity (Wildman–Crippen MR) is 94.8 cm³/mol. The summed E-state index contributed by atoms with van der Waals surface area (Å²) in [6.07, 6.45) is 7.10. The van der Waals surface area contributed by atoms with Gasteiger partial charge >= 0.3 is 0 Å². The fraction of sp³-hybridized carbons (Fsp3) is 0.750. The number of hydrogen-bond acceptors (Lipinski definition) is 3. The molecule has 1 aliphatic rings. The molecule has 0 aromatic carbocycles. The van der Waals surface area contributed by atoms with Gasteiger partial charge in [0.1, 0.15) is 5.76 Å². The van der Waals surface area contributed by atoms with Crippen molar-refractivity contribution in [3.8, 4) is 0 Å². The number of allylic oxidation sites excluding steroid dienone is 2. The van der Waals surface area contributed by atoms with Crippen molar-refractivity contribution in [3.63, 3.8) is 0 Å². The molecule has 1 heterocycles. The predicted octanol–water partition coefficient (Wildman–Crippen LogP) is 5.00. The van der Waals surface area contributed by atoms with Crippen LogP contribution in [0.1, 0.15) is 74.1 Å². The monoisotopic (exact) mass is 322 g/mol. The van der Waals surface area contributed by atoms with E-state index in [0.717, 1.165) is 17.9 Å². The zero-order chi connectivity index (χ0) is 17.8. The fourth-order valence-corrected chi connectivity index (χ4v) is 3.75. The molecule has 0 bridgehead atoms. The van der Waals surface area contributed by atoms with Gasteiger partial charge in [-0.3, -0.25) is 4.79 Å². The minimum Gasteiger partial charge on any atom is -0.454 e. The van der Waals surface area contributed by atoms with E-state index in [1.165, 1.54) is 26.2 Å². The Balaban J connectivity index is 2.66. The maximum atomic E-state index is 11.9. The van der Waals surface area contributed by atoms with E-state index in [4.69, 9.17) is 4.74 Å². The number of carbonyl (C=O) groups is 1. The van der Waals surface area contributed by atoms with Crippen LogP contribution in [0, 0.1) is 17.8 Å². The molecule has 1 aliphatic heterocycles. The largest absolute Gasteiger partial charge is 0.454 e. The van der Waals surface area contributed by atoms with Crippen LogP contribution in [0.3, 0.4) is 0 Å². The number of aliphatic hydroxyl groups is 1. The Bertz CT molecular complexity index is 485. The SMILES string of the molecule is CCC[C@H](C)C[C@H](C)C[C@H](C)/C=C(\C)C1=C(C)C(=O)C(C)(O)O1. The normalized spacial score (nSPS) is 26.3. The third-order valence-corrected chi connectivity index (χ3v) is 4.66. The summed E-state index contributed by atoms with van der Waals surface area (Å²) in [5, 5.41) is 9.94. The molecule has 0 saturated carbocycles. The van der Waals surface area contributed by atoms with E-state index in [2.05, 4.69) is 33.8 Å². The first kappa shape index (κ1) is 20.0. The second kappa shape index (κ2) is 8.14. The van der Waals surface area contributed by atoms with Gasteiger partial charge in [-0.2, -0.15) is 0 Å². The lowest BCUT2D eigenvalue weighted by atomic mass is 9.87. The van der Waals surface area contributed by atoms with Crippen LogP contribution < -0.4 is 0 Å². The summed E-state index contributed by atoms with van der Waals surface area (Å²) in [6.45, 7) is 14.2. The van der Waals surface area contributed by atoms with E-state index in [1.807, 2.05) is 6.92 Å². The van der Waals surface area contributed by atoms with Crippen LogP contribution in [0.15, 0.2) is 23.0 Å². The minimum absolute atomic E-state index is 0.338. The zero-order valence-electron chi connectivity index (χ0n) is 15.9. The number of Topliss-reactive ketones (excluding diaryl/α,β-unsaturated/α-hetero) is 1. The fourth-order valence-electron chi connectivity index (χ4n) is 3.75. The quantitative estimate of drug-likeness (QED) is 0.684. The van der Waals surface area contributed by atoms with E-state index in [-0.39, 0.29) is 5.78 Å². The smallest absolute Gasteiger partial charge is 0.269 e. The van der Waals surface area contributed by atoms with Gasteiger partial charge in [-0.05, 0) is 50.0 Å². The van der Waals surface area contributed by atoms with Crippen molar-refractivity contribution in [2.45, 2.75) is 79.9 Å². The van der Waals surface area contributed by atoms with Gasteiger partial charge in [0.05, 0.1) is 0 Å². The van der Waals surface area contributed by atoms with Gasteiger partial charge in [-0.15, -0.1) is 0 Å². The van der Waals surface area contributed by atoms with Crippen molar-refractivity contribution in [2.75, 3.05) is 0 Å². The summed E-state index contributed by atoms with van der Waals surface area (Å²) in [4.78, 5) is 11.9. The molecule has 23 heavy (non-hydrogen) atoms. The Morgan fingerprint density at radius 3 is 2.35 bits per heavy atom. The molecule has 132 valence electrons. The second-order valence-corrected chi connectivity index (χ2v) is 7.67. The molecule has 0 aliphatic carbocycles. The Morgan fingerprint density at radius 1 is 1.26 bits per heavy atom. The average molecular weight is 322 g/mol. The van der Waals surface area contributed by atoms with Crippen LogP contribution in [0.2, 0.25) is 0 Å². The van der Waals surface area contributed by atoms with Gasteiger partial charge in [0.2, 0.25) is 5.78 Å². The maximum Gasteiger partial charge on any atom is 0.269 e. The molecule has 0 saturated heterocycles. The molecule has 1 rings (SSSR count). The Morgan fingerprint density at radius 2 is 1.87 bits per heavy atom. The summed E-state index contributed by atoms with van der Waals surface area (Å²) < 4.78 is 5.45. The average Bonchev–Trinajstić information content (AvgIpc) is 2.62. The van der Waals surface area contributed by atoms with Crippen molar-refractivity contribution in [1.29, 1.82) is 0 Å². The first-order valence-corrected chi connectivity index (χ1v) is 8.94. The van der Waals surface area contributed by atoms with E-state index in [0.29, 0.717) is 23.2 Å². The molecule has 0 aromatic heterocycles. The molecule has 3 heteroatoms. The van der Waals surface area contributed by atoms with Gasteiger partial charge < -0.3 is 9.84 Å². The van der Waals surface area contributed by atoms with Crippen molar-refractivity contribution >= 4 is 5.78 Å². The van der Waals surface area contributed by atoms with E-state index in [1.54, 1.807) is 6.92 Å². The number of ketones is 1. The molecule has 1 unspecified atom stereocenters. The Kier molecular flexibility index (Phi) is 7.06. The van der Waals surface area contributed by atoms with Crippen molar-refractivity contribution in [1.82, 2.24) is 0 Å². The van der Waals surface area contributed by atoms with Gasteiger partial charge in [-0.1, -0.05) is 46.6 Å². The number of ether oxygens (including phenoxy) is 1. The molecule has 0 fully saturated rings. The van der Waals surface area contributed by atoms with E-state index in [9.17, 15) is 9.90 Å². The lowest BCUT2D eigenvalue weighted by molar-refractivity contribution is -0.169. The number of hydrogen-bond donors (Lipinski definition) is 1. The number of rotatable bonds is 8. The van der Waals surface area contributed by atoms with Crippen LogP contribution in [-0.2, 0) is 9.53 Å². The highest BCUT2D eigenvalue weighted by Crippen LogP contribution is 2.33. The first-order chi connectivity index (χ1) is 10.6. The highest BCUT2D eigenvalue weighted by molar-refractivity contribution is 6.03. The number of carbonyl (C=O) groups excluding carboxylic acids is 1. The summed E-state index contributed by atoms with van der Waals surface area (Å²) in [5.74, 6) is 0.376. The minimum atomic E-state index is -1.71. The first-order valence-electron chi connectivity index (χ1n) is 8.94. The Labute approximate surface area is 141 Å². The highest BCUT2D eigenvalue weighted by atomic mass is 16.6. The van der Waals surface area contributed by atoms with E-state index < -0.39 is 5.79 Å². The van der Waals surface area contributed by atoms with Gasteiger partial charge in [0, 0.05) is 12.5 Å². The lowest BCUT2D eigenvalue weighted by Gasteiger charge is -2.20. The molecule has 1 N–H and O–H groups in total. The third kappa shape index (κ3) is 5.49. The molecule has 4 atom stereocenters. The van der Waals surface area contributed by atoms with E-state index >= 15 is 0 Å². The van der Waals surface area contributed by atoms with Crippen molar-refractivity contribution in [2.24, 2.45) is 17.8 Å². The standard InChI is InChI=1S/C20H34O3/c1-8-9-13(2)10-14(3)11-15(4)12-16(5)18-17(6)19(21)20(7,22)23-18/h12-15,22H,8-11H2,1-7H3/b16-12+/t13-,14-,15-,20?/m0/s1. The highest BCUT2D eigenvalue weighted by Gasteiger charge is 2.42. The molecule has 0 aromatic rings. The summed E-state index contributed by atoms with van der Waals surface area (Å²) in [7, 11) is 0. The van der Waals surface area contributed by atoms with Crippen molar-refractivity contribution < 1.29 is 14.6 Å². The lowest BCUT2D eigenvalue weighted by Crippen LogP contribution is -2.32. The molecule has 3 nitrogen and oxygen atoms in total. The van der Waals surface area contributed by atoms with Crippen LogP contribution in [0.5, 0.6) is 0 Å². The summed E-state index contributed by atoms with van der Waals surface area (Å²) >= 11 is 0. The van der Waals surface area contributed by atoms with Crippen molar-refractivity contribution in [3.05, 3.63) is 23.0 Å². The molecule has 0 amide bonds. The third-order valence-electron chi connectivity index (χ3n) is 4.66. The van der Waals surface area contributed by atoms with Gasteiger partial charge in [-0.25, -0.2) is 0 Å². The maximum absolute atomic E-state index is 11.9. The van der Waals surface area contributed by atoms with Crippen LogP contribution in [-0.4, -0.2) is 16.7 Å². The van der Waals surface area contributed by atoms with Crippen LogP contribution in [0.25, 0.3) is 0 Å². The zero-order valence-corrected chi connectivity index (χ0v) is 15.9. The van der Waals surface area contributed by atoms with Crippen LogP contribution in [0.4, 0.5) is 0 Å².